The summed E-state index contributed by atoms with van der Waals surface area (Å²) in [6.07, 6.45) is 9.63. The van der Waals surface area contributed by atoms with Crippen molar-refractivity contribution in [2.24, 2.45) is 40.4 Å². The van der Waals surface area contributed by atoms with Crippen LogP contribution in [0, 0.1) is 0 Å². The first-order valence-corrected chi connectivity index (χ1v) is 15.5. The number of Topliss-reactive ketones (excluding diaryl/α,β-unsaturated/α-hetero) is 2. The Morgan fingerprint density at radius 1 is 0.706 bits per heavy atom. The lowest BCUT2D eigenvalue weighted by Crippen LogP contribution is -2.38. The molecule has 5 aliphatic rings. The number of rotatable bonds is 10. The Bertz CT molecular complexity index is 2330. The fraction of sp³-hybridized carbons (Fsp3) is 0.143. The predicted octanol–water partition coefficient (Wildman–Crippen LogP) is 2.96. The number of benzene rings is 2. The van der Waals surface area contributed by atoms with Gasteiger partial charge < -0.3 is 10.6 Å². The van der Waals surface area contributed by atoms with Gasteiger partial charge in [-0.25, -0.2) is 20.0 Å². The summed E-state index contributed by atoms with van der Waals surface area (Å²) in [4.78, 5) is 91.4. The summed E-state index contributed by atoms with van der Waals surface area (Å²) in [6.45, 7) is -0.865. The highest BCUT2D eigenvalue weighted by molar-refractivity contribution is 6.53. The van der Waals surface area contributed by atoms with Gasteiger partial charge in [-0.05, 0) is 52.3 Å². The van der Waals surface area contributed by atoms with Crippen molar-refractivity contribution in [2.45, 2.75) is 18.9 Å². The molecule has 16 nitrogen and oxygen atoms in total. The molecular formula is C35H24N10O6. The van der Waals surface area contributed by atoms with Gasteiger partial charge in [-0.2, -0.15) is 10.2 Å². The van der Waals surface area contributed by atoms with E-state index in [0.717, 1.165) is 16.3 Å². The second-order valence-corrected chi connectivity index (χ2v) is 11.5. The molecule has 0 aromatic heterocycles. The first kappa shape index (κ1) is 32.4. The van der Waals surface area contributed by atoms with E-state index in [1.165, 1.54) is 12.2 Å². The molecule has 0 fully saturated rings. The van der Waals surface area contributed by atoms with Gasteiger partial charge in [0.1, 0.15) is 24.5 Å². The molecule has 0 bridgehead atoms. The van der Waals surface area contributed by atoms with Crippen molar-refractivity contribution in [3.8, 4) is 0 Å². The van der Waals surface area contributed by atoms with Crippen molar-refractivity contribution < 1.29 is 28.8 Å². The van der Waals surface area contributed by atoms with E-state index >= 15 is 0 Å². The SMILES string of the molecule is O=C(CN=NC1=NC2=CC=CC(=O)C2=N1)CC(=O)NC1=Cc2cccc3cccc(c23)C1NC(=O)CC(=O)CN=NC1=NC2=CC=CC(=O)C2=N1. The second kappa shape index (κ2) is 13.8. The van der Waals surface area contributed by atoms with E-state index in [4.69, 9.17) is 0 Å². The lowest BCUT2D eigenvalue weighted by Gasteiger charge is -2.28. The molecule has 3 aliphatic carbocycles. The maximum absolute atomic E-state index is 13.2. The Morgan fingerprint density at radius 3 is 1.86 bits per heavy atom. The van der Waals surface area contributed by atoms with Crippen molar-refractivity contribution >= 4 is 75.1 Å². The van der Waals surface area contributed by atoms with Crippen LogP contribution in [-0.2, 0) is 28.8 Å². The fourth-order valence-electron chi connectivity index (χ4n) is 5.67. The van der Waals surface area contributed by atoms with Crippen LogP contribution in [0.3, 0.4) is 0 Å². The highest BCUT2D eigenvalue weighted by Gasteiger charge is 2.29. The zero-order chi connectivity index (χ0) is 35.5. The third-order valence-electron chi connectivity index (χ3n) is 7.84. The molecule has 0 radical (unpaired) electrons. The van der Waals surface area contributed by atoms with E-state index < -0.39 is 55.4 Å². The molecule has 2 amide bonds. The number of nitrogens with zero attached hydrogens (tertiary/aromatic N) is 8. The zero-order valence-corrected chi connectivity index (χ0v) is 26.4. The molecule has 2 aromatic rings. The van der Waals surface area contributed by atoms with Crippen LogP contribution < -0.4 is 10.6 Å². The van der Waals surface area contributed by atoms with E-state index in [-0.39, 0.29) is 34.9 Å². The first-order valence-electron chi connectivity index (χ1n) is 15.5. The van der Waals surface area contributed by atoms with Gasteiger partial charge in [0.25, 0.3) is 11.9 Å². The number of hydrogen-bond donors (Lipinski definition) is 2. The van der Waals surface area contributed by atoms with Gasteiger partial charge in [-0.3, -0.25) is 28.8 Å². The van der Waals surface area contributed by atoms with Crippen LogP contribution in [0.1, 0.15) is 30.0 Å². The van der Waals surface area contributed by atoms with E-state index in [9.17, 15) is 28.8 Å². The smallest absolute Gasteiger partial charge is 0.269 e. The number of allylic oxidation sites excluding steroid dienone is 8. The number of carbonyl (C=O) groups excluding carboxylic acids is 6. The molecular weight excluding hydrogens is 656 g/mol. The summed E-state index contributed by atoms with van der Waals surface area (Å²) in [5.41, 5.74) is 2.77. The molecule has 51 heavy (non-hydrogen) atoms. The predicted molar refractivity (Wildman–Crippen MR) is 184 cm³/mol. The third-order valence-corrected chi connectivity index (χ3v) is 7.84. The first-order chi connectivity index (χ1) is 24.7. The molecule has 2 heterocycles. The number of guanidine groups is 2. The lowest BCUT2D eigenvalue weighted by molar-refractivity contribution is -0.129. The zero-order valence-electron chi connectivity index (χ0n) is 26.4. The Kier molecular flexibility index (Phi) is 8.77. The number of aliphatic imine (C=N–C) groups is 4. The van der Waals surface area contributed by atoms with Gasteiger partial charge in [0.05, 0.1) is 30.3 Å². The molecule has 16 heteroatoms. The van der Waals surface area contributed by atoms with Crippen LogP contribution in [0.15, 0.2) is 130 Å². The van der Waals surface area contributed by atoms with Gasteiger partial charge in [0.2, 0.25) is 23.4 Å². The monoisotopic (exact) mass is 680 g/mol. The maximum atomic E-state index is 13.2. The number of amides is 2. The number of nitrogens with one attached hydrogen (secondary N) is 2. The minimum Gasteiger partial charge on any atom is -0.343 e. The summed E-state index contributed by atoms with van der Waals surface area (Å²) in [5, 5.41) is 22.5. The number of hydrogen-bond acceptors (Lipinski definition) is 14. The third kappa shape index (κ3) is 7.05. The average Bonchev–Trinajstić information content (AvgIpc) is 3.72. The van der Waals surface area contributed by atoms with Crippen molar-refractivity contribution in [3.63, 3.8) is 0 Å². The van der Waals surface area contributed by atoms with Crippen LogP contribution in [-0.4, -0.2) is 71.4 Å². The van der Waals surface area contributed by atoms with Gasteiger partial charge in [0, 0.05) is 5.70 Å². The van der Waals surface area contributed by atoms with Gasteiger partial charge in [-0.15, -0.1) is 10.2 Å². The van der Waals surface area contributed by atoms with Crippen molar-refractivity contribution in [2.75, 3.05) is 13.1 Å². The highest BCUT2D eigenvalue weighted by Crippen LogP contribution is 2.36. The average molecular weight is 681 g/mol. The molecule has 2 N–H and O–H groups in total. The van der Waals surface area contributed by atoms with Crippen molar-refractivity contribution in [3.05, 3.63) is 101 Å². The van der Waals surface area contributed by atoms with E-state index in [1.54, 1.807) is 36.4 Å². The Balaban J connectivity index is 0.982. The van der Waals surface area contributed by atoms with Gasteiger partial charge >= 0.3 is 0 Å². The number of carbonyl (C=O) groups is 6. The molecule has 2 aromatic carbocycles. The number of azo groups is 2. The van der Waals surface area contributed by atoms with Gasteiger partial charge in [0.15, 0.2) is 11.6 Å². The summed E-state index contributed by atoms with van der Waals surface area (Å²) in [5.74, 6) is -3.15. The van der Waals surface area contributed by atoms with E-state index in [2.05, 4.69) is 51.1 Å². The fourth-order valence-corrected chi connectivity index (χ4v) is 5.67. The van der Waals surface area contributed by atoms with E-state index in [0.29, 0.717) is 22.7 Å². The summed E-state index contributed by atoms with van der Waals surface area (Å²) in [6, 6.07) is 10.3. The quantitative estimate of drug-likeness (QED) is 0.218. The molecule has 0 saturated heterocycles. The highest BCUT2D eigenvalue weighted by atomic mass is 16.2. The summed E-state index contributed by atoms with van der Waals surface area (Å²) >= 11 is 0. The maximum Gasteiger partial charge on any atom is 0.269 e. The number of fused-ring (bicyclic) bond motifs is 2. The van der Waals surface area contributed by atoms with Crippen LogP contribution in [0.5, 0.6) is 0 Å². The van der Waals surface area contributed by atoms with Crippen LogP contribution in [0.4, 0.5) is 0 Å². The molecule has 250 valence electrons. The van der Waals surface area contributed by atoms with Gasteiger partial charge in [-0.1, -0.05) is 48.6 Å². The largest absolute Gasteiger partial charge is 0.343 e. The van der Waals surface area contributed by atoms with E-state index in [1.807, 2.05) is 30.3 Å². The Hall–Kier alpha value is -7.10. The van der Waals surface area contributed by atoms with Crippen LogP contribution >= 0.6 is 0 Å². The van der Waals surface area contributed by atoms with Crippen molar-refractivity contribution in [1.29, 1.82) is 0 Å². The molecule has 1 unspecified atom stereocenters. The topological polar surface area (TPSA) is 225 Å². The number of ketones is 4. The summed E-state index contributed by atoms with van der Waals surface area (Å²) < 4.78 is 0. The Morgan fingerprint density at radius 2 is 1.27 bits per heavy atom. The molecule has 2 aliphatic heterocycles. The standard InChI is InChI=1S/C35H24N10O6/c46-20(16-36-44-34-39-23-9-3-11-26(48)32(23)42-34)14-28(50)38-25-13-19-7-1-5-18-6-2-8-22(30(18)19)31(25)41-29(51)15-21(47)17-37-45-35-40-24-10-4-12-27(49)33(24)43-35/h1-13,31H,14-17H2,(H,38,50)(H,41,51). The second-order valence-electron chi connectivity index (χ2n) is 11.5. The molecule has 1 atom stereocenters. The van der Waals surface area contributed by atoms with Crippen molar-refractivity contribution in [1.82, 2.24) is 10.6 Å². The Labute approximate surface area is 287 Å². The summed E-state index contributed by atoms with van der Waals surface area (Å²) in [7, 11) is 0. The van der Waals surface area contributed by atoms with Crippen LogP contribution in [0.25, 0.3) is 16.8 Å². The molecule has 7 rings (SSSR count). The minimum absolute atomic E-state index is 0.0739. The lowest BCUT2D eigenvalue weighted by atomic mass is 9.87. The normalized spacial score (nSPS) is 18.4. The van der Waals surface area contributed by atoms with Crippen LogP contribution in [0.2, 0.25) is 0 Å². The molecule has 0 saturated carbocycles. The minimum atomic E-state index is -0.856. The molecule has 0 spiro atoms.